The van der Waals surface area contributed by atoms with Gasteiger partial charge in [0.25, 0.3) is 0 Å². The molecule has 1 fully saturated rings. The quantitative estimate of drug-likeness (QED) is 0.889. The Balaban J connectivity index is 2.23. The van der Waals surface area contributed by atoms with Crippen molar-refractivity contribution in [1.29, 1.82) is 0 Å². The summed E-state index contributed by atoms with van der Waals surface area (Å²) in [6.07, 6.45) is 0. The van der Waals surface area contributed by atoms with Gasteiger partial charge in [-0.15, -0.1) is 0 Å². The molecule has 0 amide bonds. The van der Waals surface area contributed by atoms with Crippen molar-refractivity contribution in [3.05, 3.63) is 29.8 Å². The van der Waals surface area contributed by atoms with E-state index in [-0.39, 0.29) is 12.0 Å². The van der Waals surface area contributed by atoms with Crippen LogP contribution in [0.1, 0.15) is 26.3 Å². The molecule has 1 saturated heterocycles. The number of hydrogen-bond donors (Lipinski definition) is 1. The monoisotopic (exact) mass is 263 g/mol. The summed E-state index contributed by atoms with van der Waals surface area (Å²) in [5.74, 6) is -0.834. The molecule has 1 N–H and O–H groups in total. The molecule has 0 bridgehead atoms. The van der Waals surface area contributed by atoms with Crippen LogP contribution in [0.3, 0.4) is 0 Å². The number of carboxylic acids is 1. The van der Waals surface area contributed by atoms with Gasteiger partial charge in [-0.3, -0.25) is 0 Å². The van der Waals surface area contributed by atoms with Crippen LogP contribution < -0.4 is 4.90 Å². The molecule has 0 aromatic heterocycles. The average Bonchev–Trinajstić information content (AvgIpc) is 2.38. The Kier molecular flexibility index (Phi) is 3.80. The second-order valence-electron chi connectivity index (χ2n) is 5.92. The van der Waals surface area contributed by atoms with Gasteiger partial charge in [0.15, 0.2) is 6.04 Å². The lowest BCUT2D eigenvalue weighted by Gasteiger charge is -2.35. The number of ether oxygens (including phenoxy) is 1. The number of hydrogen-bond acceptors (Lipinski definition) is 3. The normalized spacial score (nSPS) is 20.4. The third-order valence-electron chi connectivity index (χ3n) is 3.48. The first-order valence-electron chi connectivity index (χ1n) is 6.57. The molecule has 1 aliphatic heterocycles. The fraction of sp³-hybridized carbons (Fsp3) is 0.533. The SMILES string of the molecule is CC(C)(C)c1ccc(N2CCOCC2C(=O)O)cc1. The molecule has 1 unspecified atom stereocenters. The van der Waals surface area contributed by atoms with Crippen molar-refractivity contribution in [2.75, 3.05) is 24.7 Å². The molecule has 0 saturated carbocycles. The molecular formula is C15H21NO3. The molecule has 1 heterocycles. The standard InChI is InChI=1S/C15H21NO3/c1-15(2,3)11-4-6-12(7-5-11)16-8-9-19-10-13(16)14(17)18/h4-7,13H,8-10H2,1-3H3,(H,17,18). The van der Waals surface area contributed by atoms with E-state index < -0.39 is 12.0 Å². The van der Waals surface area contributed by atoms with E-state index in [4.69, 9.17) is 4.74 Å². The number of aliphatic carboxylic acids is 1. The lowest BCUT2D eigenvalue weighted by atomic mass is 9.87. The van der Waals surface area contributed by atoms with E-state index in [9.17, 15) is 9.90 Å². The molecule has 4 heteroatoms. The van der Waals surface area contributed by atoms with E-state index >= 15 is 0 Å². The lowest BCUT2D eigenvalue weighted by molar-refractivity contribution is -0.141. The molecule has 0 radical (unpaired) electrons. The summed E-state index contributed by atoms with van der Waals surface area (Å²) < 4.78 is 5.25. The third-order valence-corrected chi connectivity index (χ3v) is 3.48. The van der Waals surface area contributed by atoms with Crippen molar-refractivity contribution in [1.82, 2.24) is 0 Å². The minimum Gasteiger partial charge on any atom is -0.480 e. The Morgan fingerprint density at radius 2 is 1.95 bits per heavy atom. The molecule has 0 aliphatic carbocycles. The molecule has 104 valence electrons. The second-order valence-corrected chi connectivity index (χ2v) is 5.92. The Labute approximate surface area is 114 Å². The lowest BCUT2D eigenvalue weighted by Crippen LogP contribution is -2.50. The van der Waals surface area contributed by atoms with Crippen molar-refractivity contribution in [3.63, 3.8) is 0 Å². The summed E-state index contributed by atoms with van der Waals surface area (Å²) >= 11 is 0. The van der Waals surface area contributed by atoms with Crippen LogP contribution in [-0.4, -0.2) is 36.9 Å². The van der Waals surface area contributed by atoms with Crippen molar-refractivity contribution in [3.8, 4) is 0 Å². The Hall–Kier alpha value is -1.55. The molecule has 1 aromatic rings. The highest BCUT2D eigenvalue weighted by Gasteiger charge is 2.29. The summed E-state index contributed by atoms with van der Waals surface area (Å²) in [6, 6.07) is 7.56. The van der Waals surface area contributed by atoms with Gasteiger partial charge in [-0.05, 0) is 23.1 Å². The maximum absolute atomic E-state index is 11.2. The highest BCUT2D eigenvalue weighted by atomic mass is 16.5. The second kappa shape index (κ2) is 5.21. The van der Waals surface area contributed by atoms with Crippen LogP contribution in [0.4, 0.5) is 5.69 Å². The van der Waals surface area contributed by atoms with Crippen LogP contribution >= 0.6 is 0 Å². The number of rotatable bonds is 2. The average molecular weight is 263 g/mol. The van der Waals surface area contributed by atoms with E-state index in [0.29, 0.717) is 13.2 Å². The predicted octanol–water partition coefficient (Wildman–Crippen LogP) is 2.27. The Morgan fingerprint density at radius 1 is 1.32 bits per heavy atom. The van der Waals surface area contributed by atoms with Gasteiger partial charge in [-0.25, -0.2) is 4.79 Å². The van der Waals surface area contributed by atoms with Gasteiger partial charge >= 0.3 is 5.97 Å². The Morgan fingerprint density at radius 3 is 2.47 bits per heavy atom. The number of anilines is 1. The largest absolute Gasteiger partial charge is 0.480 e. The molecule has 0 spiro atoms. The zero-order valence-electron chi connectivity index (χ0n) is 11.7. The van der Waals surface area contributed by atoms with E-state index in [1.54, 1.807) is 0 Å². The summed E-state index contributed by atoms with van der Waals surface area (Å²) in [6.45, 7) is 7.93. The molecule has 4 nitrogen and oxygen atoms in total. The van der Waals surface area contributed by atoms with Crippen LogP contribution in [0.15, 0.2) is 24.3 Å². The molecule has 2 rings (SSSR count). The Bertz CT molecular complexity index is 447. The zero-order chi connectivity index (χ0) is 14.0. The first-order valence-corrected chi connectivity index (χ1v) is 6.57. The third kappa shape index (κ3) is 3.07. The summed E-state index contributed by atoms with van der Waals surface area (Å²) in [5, 5.41) is 9.23. The number of nitrogens with zero attached hydrogens (tertiary/aromatic N) is 1. The minimum atomic E-state index is -0.834. The van der Waals surface area contributed by atoms with E-state index in [2.05, 4.69) is 32.9 Å². The van der Waals surface area contributed by atoms with Gasteiger partial charge < -0.3 is 14.7 Å². The first kappa shape index (κ1) is 13.9. The highest BCUT2D eigenvalue weighted by molar-refractivity contribution is 5.78. The van der Waals surface area contributed by atoms with Gasteiger partial charge in [0.2, 0.25) is 0 Å². The summed E-state index contributed by atoms with van der Waals surface area (Å²) in [5.41, 5.74) is 2.30. The van der Waals surface area contributed by atoms with Crippen LogP contribution in [0, 0.1) is 0 Å². The maximum Gasteiger partial charge on any atom is 0.328 e. The summed E-state index contributed by atoms with van der Waals surface area (Å²) in [4.78, 5) is 13.1. The van der Waals surface area contributed by atoms with Crippen LogP contribution in [0.25, 0.3) is 0 Å². The highest BCUT2D eigenvalue weighted by Crippen LogP contribution is 2.26. The van der Waals surface area contributed by atoms with E-state index in [0.717, 1.165) is 5.69 Å². The predicted molar refractivity (Wildman–Crippen MR) is 74.7 cm³/mol. The summed E-state index contributed by atoms with van der Waals surface area (Å²) in [7, 11) is 0. The van der Waals surface area contributed by atoms with Gasteiger partial charge in [0.05, 0.1) is 13.2 Å². The molecule has 1 atom stereocenters. The maximum atomic E-state index is 11.2. The van der Waals surface area contributed by atoms with Crippen molar-refractivity contribution in [2.24, 2.45) is 0 Å². The molecule has 1 aliphatic rings. The van der Waals surface area contributed by atoms with Crippen molar-refractivity contribution < 1.29 is 14.6 Å². The number of benzene rings is 1. The molecular weight excluding hydrogens is 242 g/mol. The minimum absolute atomic E-state index is 0.107. The van der Waals surface area contributed by atoms with Crippen LogP contribution in [0.5, 0.6) is 0 Å². The van der Waals surface area contributed by atoms with E-state index in [1.807, 2.05) is 17.0 Å². The smallest absolute Gasteiger partial charge is 0.328 e. The zero-order valence-corrected chi connectivity index (χ0v) is 11.7. The molecule has 1 aromatic carbocycles. The van der Waals surface area contributed by atoms with Crippen LogP contribution in [0.2, 0.25) is 0 Å². The fourth-order valence-electron chi connectivity index (χ4n) is 2.27. The van der Waals surface area contributed by atoms with Crippen molar-refractivity contribution in [2.45, 2.75) is 32.2 Å². The van der Waals surface area contributed by atoms with E-state index in [1.165, 1.54) is 5.56 Å². The number of carboxylic acid groups (broad SMARTS) is 1. The van der Waals surface area contributed by atoms with Gasteiger partial charge in [0, 0.05) is 12.2 Å². The first-order chi connectivity index (χ1) is 8.89. The topological polar surface area (TPSA) is 49.8 Å². The molecule has 19 heavy (non-hydrogen) atoms. The van der Waals surface area contributed by atoms with Gasteiger partial charge in [-0.2, -0.15) is 0 Å². The number of morpholine rings is 1. The van der Waals surface area contributed by atoms with Gasteiger partial charge in [0.1, 0.15) is 0 Å². The van der Waals surface area contributed by atoms with Gasteiger partial charge in [-0.1, -0.05) is 32.9 Å². The van der Waals surface area contributed by atoms with Crippen molar-refractivity contribution >= 4 is 11.7 Å². The number of carbonyl (C=O) groups is 1. The van der Waals surface area contributed by atoms with Crippen LogP contribution in [-0.2, 0) is 14.9 Å². The fourth-order valence-corrected chi connectivity index (χ4v) is 2.27.